The fourth-order valence-electron chi connectivity index (χ4n) is 3.28. The Balaban J connectivity index is 2.23. The van der Waals surface area contributed by atoms with Crippen LogP contribution in [0.15, 0.2) is 53.5 Å². The minimum absolute atomic E-state index is 0.0475. The Hall–Kier alpha value is -2.36. The maximum absolute atomic E-state index is 12.5. The van der Waals surface area contributed by atoms with Crippen molar-refractivity contribution in [1.29, 1.82) is 0 Å². The second kappa shape index (κ2) is 4.34. The molecular formula is C18H8Cl2N2O. The van der Waals surface area contributed by atoms with Crippen molar-refractivity contribution < 1.29 is 0 Å². The average molecular weight is 339 g/mol. The van der Waals surface area contributed by atoms with Crippen molar-refractivity contribution in [3.8, 4) is 0 Å². The van der Waals surface area contributed by atoms with Crippen molar-refractivity contribution in [3.63, 3.8) is 0 Å². The lowest BCUT2D eigenvalue weighted by Gasteiger charge is -2.07. The molecule has 0 saturated heterocycles. The summed E-state index contributed by atoms with van der Waals surface area (Å²) >= 11 is 12.7. The molecule has 2 aromatic heterocycles. The van der Waals surface area contributed by atoms with Gasteiger partial charge in [0.15, 0.2) is 0 Å². The van der Waals surface area contributed by atoms with Crippen molar-refractivity contribution in [2.75, 3.05) is 0 Å². The number of nitrogens with zero attached hydrogens (tertiary/aromatic N) is 2. The summed E-state index contributed by atoms with van der Waals surface area (Å²) < 4.78 is 1.81. The van der Waals surface area contributed by atoms with Gasteiger partial charge in [-0.15, -0.1) is 0 Å². The van der Waals surface area contributed by atoms with Gasteiger partial charge in [-0.05, 0) is 29.7 Å². The van der Waals surface area contributed by atoms with E-state index in [9.17, 15) is 4.79 Å². The quantitative estimate of drug-likeness (QED) is 0.402. The Morgan fingerprint density at radius 1 is 0.913 bits per heavy atom. The number of fused-ring (bicyclic) bond motifs is 4. The van der Waals surface area contributed by atoms with Crippen LogP contribution in [0.25, 0.3) is 38.2 Å². The van der Waals surface area contributed by atoms with Crippen molar-refractivity contribution in [3.05, 3.63) is 68.9 Å². The van der Waals surface area contributed by atoms with Crippen LogP contribution in [0.5, 0.6) is 0 Å². The van der Waals surface area contributed by atoms with Crippen LogP contribution in [0, 0.1) is 0 Å². The molecule has 0 amide bonds. The first-order chi connectivity index (χ1) is 11.1. The highest BCUT2D eigenvalue weighted by molar-refractivity contribution is 6.41. The van der Waals surface area contributed by atoms with Crippen LogP contribution in [0.2, 0.25) is 10.0 Å². The van der Waals surface area contributed by atoms with Gasteiger partial charge in [0.05, 0.1) is 15.6 Å². The minimum Gasteiger partial charge on any atom is -0.296 e. The summed E-state index contributed by atoms with van der Waals surface area (Å²) in [6.45, 7) is 0. The molecule has 0 saturated carbocycles. The first-order valence-electron chi connectivity index (χ1n) is 7.09. The molecular weight excluding hydrogens is 331 g/mol. The lowest BCUT2D eigenvalue weighted by atomic mass is 10.1. The number of rotatable bonds is 0. The number of benzene rings is 3. The standard InChI is InChI=1S/C18H8Cl2N2O/c19-11-5-6-12(20)16-10(11)8-22-17-14(23)7-4-9-2-1-3-13(15(9)17)21-18(16)22/h1-8H. The molecule has 0 radical (unpaired) electrons. The van der Waals surface area contributed by atoms with E-state index in [1.54, 1.807) is 22.6 Å². The summed E-state index contributed by atoms with van der Waals surface area (Å²) in [6, 6.07) is 12.7. The molecule has 5 aromatic rings. The Labute approximate surface area is 140 Å². The molecule has 0 atom stereocenters. The Morgan fingerprint density at radius 3 is 2.61 bits per heavy atom. The molecule has 5 rings (SSSR count). The summed E-state index contributed by atoms with van der Waals surface area (Å²) in [4.78, 5) is 17.3. The molecule has 3 nitrogen and oxygen atoms in total. The van der Waals surface area contributed by atoms with E-state index in [0.29, 0.717) is 21.2 Å². The van der Waals surface area contributed by atoms with Crippen molar-refractivity contribution in [2.45, 2.75) is 0 Å². The zero-order valence-electron chi connectivity index (χ0n) is 11.7. The number of hydrogen-bond donors (Lipinski definition) is 0. The fraction of sp³-hybridized carbons (Fsp3) is 0. The highest BCUT2D eigenvalue weighted by atomic mass is 35.5. The van der Waals surface area contributed by atoms with Gasteiger partial charge >= 0.3 is 0 Å². The second-order valence-corrected chi connectivity index (χ2v) is 6.35. The van der Waals surface area contributed by atoms with Crippen molar-refractivity contribution in [2.24, 2.45) is 0 Å². The smallest absolute Gasteiger partial charge is 0.203 e. The van der Waals surface area contributed by atoms with Gasteiger partial charge in [0.1, 0.15) is 11.2 Å². The number of aromatic nitrogens is 2. The molecule has 0 fully saturated rings. The lowest BCUT2D eigenvalue weighted by Crippen LogP contribution is -2.06. The third-order valence-electron chi connectivity index (χ3n) is 4.28. The zero-order valence-corrected chi connectivity index (χ0v) is 13.2. The lowest BCUT2D eigenvalue weighted by molar-refractivity contribution is 1.22. The molecule has 3 aromatic carbocycles. The molecule has 0 N–H and O–H groups in total. The van der Waals surface area contributed by atoms with E-state index >= 15 is 0 Å². The van der Waals surface area contributed by atoms with E-state index in [1.165, 1.54) is 0 Å². The van der Waals surface area contributed by atoms with E-state index in [1.807, 2.05) is 30.5 Å². The van der Waals surface area contributed by atoms with Crippen LogP contribution < -0.4 is 5.43 Å². The van der Waals surface area contributed by atoms with Gasteiger partial charge in [0.2, 0.25) is 5.43 Å². The average Bonchev–Trinajstić information content (AvgIpc) is 2.94. The predicted molar refractivity (Wildman–Crippen MR) is 95.2 cm³/mol. The van der Waals surface area contributed by atoms with Gasteiger partial charge in [-0.2, -0.15) is 0 Å². The van der Waals surface area contributed by atoms with Crippen molar-refractivity contribution in [1.82, 2.24) is 9.38 Å². The zero-order chi connectivity index (χ0) is 15.7. The van der Waals surface area contributed by atoms with Crippen LogP contribution >= 0.6 is 23.2 Å². The van der Waals surface area contributed by atoms with Gasteiger partial charge in [-0.1, -0.05) is 41.4 Å². The van der Waals surface area contributed by atoms with Crippen LogP contribution in [0.4, 0.5) is 0 Å². The summed E-state index contributed by atoms with van der Waals surface area (Å²) in [5.74, 6) is 0. The topological polar surface area (TPSA) is 34.4 Å². The van der Waals surface area contributed by atoms with Crippen LogP contribution in [0.3, 0.4) is 0 Å². The van der Waals surface area contributed by atoms with Crippen LogP contribution in [-0.2, 0) is 0 Å². The first-order valence-corrected chi connectivity index (χ1v) is 7.84. The molecule has 5 heteroatoms. The van der Waals surface area contributed by atoms with Crippen LogP contribution in [0.1, 0.15) is 0 Å². The summed E-state index contributed by atoms with van der Waals surface area (Å²) in [5, 5.41) is 4.57. The minimum atomic E-state index is -0.0475. The predicted octanol–water partition coefficient (Wildman–Crippen LogP) is 4.90. The van der Waals surface area contributed by atoms with E-state index in [0.717, 1.165) is 27.1 Å². The molecule has 0 unspecified atom stereocenters. The molecule has 0 bridgehead atoms. The summed E-state index contributed by atoms with van der Waals surface area (Å²) in [6.07, 6.45) is 1.84. The maximum Gasteiger partial charge on any atom is 0.203 e. The molecule has 0 aliphatic carbocycles. The Morgan fingerprint density at radius 2 is 1.74 bits per heavy atom. The Bertz CT molecular complexity index is 1310. The van der Waals surface area contributed by atoms with Gasteiger partial charge in [-0.25, -0.2) is 4.98 Å². The van der Waals surface area contributed by atoms with Crippen LogP contribution in [-0.4, -0.2) is 9.38 Å². The third kappa shape index (κ3) is 1.61. The molecule has 23 heavy (non-hydrogen) atoms. The normalized spacial score (nSPS) is 12.1. The second-order valence-electron chi connectivity index (χ2n) is 5.54. The van der Waals surface area contributed by atoms with Gasteiger partial charge in [0.25, 0.3) is 0 Å². The Kier molecular flexibility index (Phi) is 2.48. The first kappa shape index (κ1) is 13.1. The monoisotopic (exact) mass is 338 g/mol. The molecule has 0 aliphatic rings. The molecule has 2 heterocycles. The van der Waals surface area contributed by atoms with E-state index in [2.05, 4.69) is 0 Å². The largest absolute Gasteiger partial charge is 0.296 e. The summed E-state index contributed by atoms with van der Waals surface area (Å²) in [5.41, 5.74) is 1.98. The van der Waals surface area contributed by atoms with E-state index < -0.39 is 0 Å². The van der Waals surface area contributed by atoms with Crippen molar-refractivity contribution >= 4 is 61.4 Å². The fourth-order valence-corrected chi connectivity index (χ4v) is 3.74. The van der Waals surface area contributed by atoms with Gasteiger partial charge in [0, 0.05) is 22.4 Å². The summed E-state index contributed by atoms with van der Waals surface area (Å²) in [7, 11) is 0. The highest BCUT2D eigenvalue weighted by Crippen LogP contribution is 2.36. The van der Waals surface area contributed by atoms with Gasteiger partial charge in [-0.3, -0.25) is 9.20 Å². The van der Waals surface area contributed by atoms with Gasteiger partial charge < -0.3 is 0 Å². The number of halogens is 2. The van der Waals surface area contributed by atoms with E-state index in [4.69, 9.17) is 28.2 Å². The van der Waals surface area contributed by atoms with E-state index in [-0.39, 0.29) is 5.43 Å². The molecule has 0 spiro atoms. The maximum atomic E-state index is 12.5. The highest BCUT2D eigenvalue weighted by Gasteiger charge is 2.16. The molecule has 0 aliphatic heterocycles. The molecule has 110 valence electrons. The number of hydrogen-bond acceptors (Lipinski definition) is 2. The third-order valence-corrected chi connectivity index (χ3v) is 4.92. The SMILES string of the molecule is O=c1ccc2cccc3nc4c5c(Cl)ccc(Cl)c5cn4c1c23.